The molecule has 6 heteroatoms. The third kappa shape index (κ3) is 4.92. The van der Waals surface area contributed by atoms with E-state index >= 15 is 0 Å². The fourth-order valence-corrected chi connectivity index (χ4v) is 3.71. The van der Waals surface area contributed by atoms with Crippen molar-refractivity contribution in [1.82, 2.24) is 9.80 Å². The Bertz CT molecular complexity index is 779. The van der Waals surface area contributed by atoms with Crippen LogP contribution in [0, 0.1) is 0 Å². The smallest absolute Gasteiger partial charge is 0.227 e. The third-order valence-corrected chi connectivity index (χ3v) is 5.33. The van der Waals surface area contributed by atoms with E-state index in [4.69, 9.17) is 23.2 Å². The highest BCUT2D eigenvalue weighted by molar-refractivity contribution is 6.42. The van der Waals surface area contributed by atoms with Crippen LogP contribution in [-0.4, -0.2) is 42.4 Å². The summed E-state index contributed by atoms with van der Waals surface area (Å²) in [7, 11) is 4.09. The minimum absolute atomic E-state index is 0. The maximum absolute atomic E-state index is 13.0. The topological polar surface area (TPSA) is 23.6 Å². The molecule has 0 fully saturated rings. The van der Waals surface area contributed by atoms with E-state index in [1.165, 1.54) is 11.1 Å². The number of benzene rings is 2. The van der Waals surface area contributed by atoms with Gasteiger partial charge in [0.2, 0.25) is 5.91 Å². The summed E-state index contributed by atoms with van der Waals surface area (Å²) in [5.41, 5.74) is 3.47. The highest BCUT2D eigenvalue weighted by Gasteiger charge is 2.29. The van der Waals surface area contributed by atoms with Gasteiger partial charge in [0.05, 0.1) is 16.5 Å². The zero-order valence-electron chi connectivity index (χ0n) is 14.9. The van der Waals surface area contributed by atoms with E-state index in [9.17, 15) is 4.79 Å². The van der Waals surface area contributed by atoms with E-state index in [0.717, 1.165) is 18.5 Å². The first-order valence-electron chi connectivity index (χ1n) is 8.39. The molecule has 1 heterocycles. The second-order valence-electron chi connectivity index (χ2n) is 6.84. The molecule has 3 nitrogen and oxygen atoms in total. The predicted molar refractivity (Wildman–Crippen MR) is 110 cm³/mol. The van der Waals surface area contributed by atoms with Crippen molar-refractivity contribution >= 4 is 41.5 Å². The monoisotopic (exact) mass is 412 g/mol. The number of carbonyl (C=O) groups excluding carboxylic acids is 1. The number of fused-ring (bicyclic) bond motifs is 1. The molecule has 2 aromatic rings. The van der Waals surface area contributed by atoms with Crippen LogP contribution in [0.15, 0.2) is 42.5 Å². The van der Waals surface area contributed by atoms with Crippen LogP contribution in [0.2, 0.25) is 10.0 Å². The maximum atomic E-state index is 13.0. The van der Waals surface area contributed by atoms with E-state index < -0.39 is 0 Å². The number of nitrogens with zero attached hydrogens (tertiary/aromatic N) is 2. The Morgan fingerprint density at radius 3 is 2.46 bits per heavy atom. The Hall–Kier alpha value is -1.26. The Morgan fingerprint density at radius 2 is 1.81 bits per heavy atom. The Labute approximate surface area is 171 Å². The molecule has 1 amide bonds. The van der Waals surface area contributed by atoms with Crippen molar-refractivity contribution < 1.29 is 4.79 Å². The van der Waals surface area contributed by atoms with Gasteiger partial charge in [-0.1, -0.05) is 53.5 Å². The second kappa shape index (κ2) is 9.09. The average Bonchev–Trinajstić information content (AvgIpc) is 2.57. The Kier molecular flexibility index (Phi) is 7.36. The van der Waals surface area contributed by atoms with Crippen LogP contribution in [0.5, 0.6) is 0 Å². The summed E-state index contributed by atoms with van der Waals surface area (Å²) in [6, 6.07) is 14.0. The summed E-state index contributed by atoms with van der Waals surface area (Å²) in [6.45, 7) is 1.51. The summed E-state index contributed by atoms with van der Waals surface area (Å²) < 4.78 is 0. The fraction of sp³-hybridized carbons (Fsp3) is 0.350. The van der Waals surface area contributed by atoms with Crippen LogP contribution in [0.3, 0.4) is 0 Å². The molecule has 1 aliphatic rings. The SMILES string of the molecule is CN(C)C[C@@H]1Cc2ccccc2CN1C(=O)Cc1ccc(Cl)c(Cl)c1.Cl. The molecular formula is C20H23Cl3N2O. The van der Waals surface area contributed by atoms with Gasteiger partial charge in [0.25, 0.3) is 0 Å². The first kappa shape index (κ1) is 21.0. The van der Waals surface area contributed by atoms with Crippen molar-refractivity contribution in [3.63, 3.8) is 0 Å². The van der Waals surface area contributed by atoms with Crippen molar-refractivity contribution in [2.75, 3.05) is 20.6 Å². The molecule has 0 saturated carbocycles. The van der Waals surface area contributed by atoms with E-state index in [0.29, 0.717) is 23.0 Å². The number of amides is 1. The lowest BCUT2D eigenvalue weighted by Crippen LogP contribution is -2.49. The number of rotatable bonds is 4. The highest BCUT2D eigenvalue weighted by atomic mass is 35.5. The van der Waals surface area contributed by atoms with Gasteiger partial charge in [-0.3, -0.25) is 4.79 Å². The van der Waals surface area contributed by atoms with Crippen LogP contribution in [0.4, 0.5) is 0 Å². The minimum Gasteiger partial charge on any atom is -0.333 e. The quantitative estimate of drug-likeness (QED) is 0.738. The predicted octanol–water partition coefficient (Wildman–Crippen LogP) is 4.47. The first-order valence-corrected chi connectivity index (χ1v) is 9.14. The molecule has 0 radical (unpaired) electrons. The van der Waals surface area contributed by atoms with Gasteiger partial charge in [-0.05, 0) is 49.3 Å². The highest BCUT2D eigenvalue weighted by Crippen LogP contribution is 2.26. The van der Waals surface area contributed by atoms with E-state index in [1.54, 1.807) is 12.1 Å². The molecule has 0 bridgehead atoms. The third-order valence-electron chi connectivity index (χ3n) is 4.59. The van der Waals surface area contributed by atoms with Gasteiger partial charge in [0.1, 0.15) is 0 Å². The van der Waals surface area contributed by atoms with Crippen molar-refractivity contribution in [2.24, 2.45) is 0 Å². The molecule has 0 N–H and O–H groups in total. The summed E-state index contributed by atoms with van der Waals surface area (Å²) in [6.07, 6.45) is 1.23. The van der Waals surface area contributed by atoms with Crippen LogP contribution in [0.1, 0.15) is 16.7 Å². The van der Waals surface area contributed by atoms with Gasteiger partial charge < -0.3 is 9.80 Å². The number of hydrogen-bond donors (Lipinski definition) is 0. The van der Waals surface area contributed by atoms with Gasteiger partial charge in [-0.2, -0.15) is 0 Å². The van der Waals surface area contributed by atoms with E-state index in [1.807, 2.05) is 31.1 Å². The zero-order chi connectivity index (χ0) is 18.0. The molecular weight excluding hydrogens is 391 g/mol. The van der Waals surface area contributed by atoms with Gasteiger partial charge in [0.15, 0.2) is 0 Å². The van der Waals surface area contributed by atoms with Crippen molar-refractivity contribution in [1.29, 1.82) is 0 Å². The normalized spacial score (nSPS) is 16.2. The Balaban J connectivity index is 0.00000243. The lowest BCUT2D eigenvalue weighted by Gasteiger charge is -2.38. The van der Waals surface area contributed by atoms with Crippen LogP contribution < -0.4 is 0 Å². The van der Waals surface area contributed by atoms with Crippen LogP contribution in [-0.2, 0) is 24.2 Å². The number of carbonyl (C=O) groups is 1. The fourth-order valence-electron chi connectivity index (χ4n) is 3.39. The first-order chi connectivity index (χ1) is 11.9. The van der Waals surface area contributed by atoms with Crippen molar-refractivity contribution in [3.05, 3.63) is 69.2 Å². The molecule has 0 unspecified atom stereocenters. The van der Waals surface area contributed by atoms with E-state index in [-0.39, 0.29) is 24.4 Å². The van der Waals surface area contributed by atoms with Gasteiger partial charge in [-0.25, -0.2) is 0 Å². The molecule has 1 aliphatic heterocycles. The largest absolute Gasteiger partial charge is 0.333 e. The molecule has 0 aliphatic carbocycles. The zero-order valence-corrected chi connectivity index (χ0v) is 17.2. The summed E-state index contributed by atoms with van der Waals surface area (Å²) in [4.78, 5) is 17.1. The number of likely N-dealkylation sites (N-methyl/N-ethyl adjacent to an activating group) is 1. The van der Waals surface area contributed by atoms with Crippen LogP contribution >= 0.6 is 35.6 Å². The maximum Gasteiger partial charge on any atom is 0.227 e. The summed E-state index contributed by atoms with van der Waals surface area (Å²) in [5.74, 6) is 0.125. The Morgan fingerprint density at radius 1 is 1.12 bits per heavy atom. The molecule has 1 atom stereocenters. The van der Waals surface area contributed by atoms with Crippen LogP contribution in [0.25, 0.3) is 0 Å². The molecule has 0 saturated heterocycles. The standard InChI is InChI=1S/C20H22Cl2N2O.ClH/c1-23(2)13-17-11-15-5-3-4-6-16(15)12-24(17)20(25)10-14-7-8-18(21)19(22)9-14;/h3-9,17H,10-13H2,1-2H3;1H/t17-;/m0./s1. The lowest BCUT2D eigenvalue weighted by atomic mass is 9.93. The van der Waals surface area contributed by atoms with E-state index in [2.05, 4.69) is 23.1 Å². The van der Waals surface area contributed by atoms with Gasteiger partial charge in [0, 0.05) is 19.1 Å². The molecule has 140 valence electrons. The summed E-state index contributed by atoms with van der Waals surface area (Å²) >= 11 is 12.1. The summed E-state index contributed by atoms with van der Waals surface area (Å²) in [5, 5.41) is 0.996. The number of halogens is 3. The van der Waals surface area contributed by atoms with Crippen molar-refractivity contribution in [2.45, 2.75) is 25.4 Å². The van der Waals surface area contributed by atoms with Crippen molar-refractivity contribution in [3.8, 4) is 0 Å². The average molecular weight is 414 g/mol. The molecule has 2 aromatic carbocycles. The molecule has 26 heavy (non-hydrogen) atoms. The second-order valence-corrected chi connectivity index (χ2v) is 7.65. The molecule has 3 rings (SSSR count). The van der Waals surface area contributed by atoms with Gasteiger partial charge in [-0.15, -0.1) is 12.4 Å². The lowest BCUT2D eigenvalue weighted by molar-refractivity contribution is -0.134. The number of hydrogen-bond acceptors (Lipinski definition) is 2. The van der Waals surface area contributed by atoms with Gasteiger partial charge >= 0.3 is 0 Å². The molecule has 0 aromatic heterocycles. The minimum atomic E-state index is 0. The molecule has 0 spiro atoms.